The van der Waals surface area contributed by atoms with Gasteiger partial charge < -0.3 is 14.8 Å². The summed E-state index contributed by atoms with van der Waals surface area (Å²) in [5.41, 5.74) is 1.20. The summed E-state index contributed by atoms with van der Waals surface area (Å²) in [7, 11) is 0. The highest BCUT2D eigenvalue weighted by Crippen LogP contribution is 2.17. The van der Waals surface area contributed by atoms with Crippen molar-refractivity contribution in [3.05, 3.63) is 46.2 Å². The van der Waals surface area contributed by atoms with Gasteiger partial charge in [-0.15, -0.1) is 11.3 Å². The maximum atomic E-state index is 11.7. The summed E-state index contributed by atoms with van der Waals surface area (Å²) < 4.78 is 10.8. The summed E-state index contributed by atoms with van der Waals surface area (Å²) in [5, 5.41) is 4.87. The lowest BCUT2D eigenvalue weighted by Crippen LogP contribution is -2.28. The topological polar surface area (TPSA) is 47.6 Å². The Morgan fingerprint density at radius 3 is 2.38 bits per heavy atom. The highest BCUT2D eigenvalue weighted by Gasteiger charge is 2.05. The molecule has 21 heavy (non-hydrogen) atoms. The second kappa shape index (κ2) is 7.69. The Morgan fingerprint density at radius 1 is 1.14 bits per heavy atom. The number of benzene rings is 1. The minimum atomic E-state index is -0.128. The molecule has 0 unspecified atom stereocenters. The summed E-state index contributed by atoms with van der Waals surface area (Å²) in [4.78, 5) is 12.9. The summed E-state index contributed by atoms with van der Waals surface area (Å²) in [6.07, 6.45) is 0. The minimum absolute atomic E-state index is 0.0123. The molecule has 2 aromatic rings. The molecule has 1 aromatic heterocycles. The van der Waals surface area contributed by atoms with Crippen LogP contribution in [0.2, 0.25) is 0 Å². The number of rotatable bonds is 7. The molecule has 0 spiro atoms. The van der Waals surface area contributed by atoms with Crippen LogP contribution in [0.5, 0.6) is 11.5 Å². The molecule has 0 fully saturated rings. The monoisotopic (exact) mass is 305 g/mol. The third-order valence-corrected chi connectivity index (χ3v) is 3.94. The van der Waals surface area contributed by atoms with Crippen molar-refractivity contribution in [2.45, 2.75) is 20.4 Å². The van der Waals surface area contributed by atoms with Crippen LogP contribution in [0.1, 0.15) is 17.4 Å². The van der Waals surface area contributed by atoms with Crippen LogP contribution in [-0.2, 0) is 11.3 Å². The first-order chi connectivity index (χ1) is 10.2. The van der Waals surface area contributed by atoms with Gasteiger partial charge in [0.25, 0.3) is 5.91 Å². The van der Waals surface area contributed by atoms with Gasteiger partial charge in [0.1, 0.15) is 11.5 Å². The van der Waals surface area contributed by atoms with Gasteiger partial charge in [0.2, 0.25) is 0 Å². The standard InChI is InChI=1S/C16H19NO3S/c1-3-19-13-4-6-14(7-5-13)20-11-16(18)17-10-15-12(2)8-9-21-15/h4-9H,3,10-11H2,1-2H3,(H,17,18). The fraction of sp³-hybridized carbons (Fsp3) is 0.312. The van der Waals surface area contributed by atoms with Gasteiger partial charge in [-0.25, -0.2) is 0 Å². The Labute approximate surface area is 128 Å². The van der Waals surface area contributed by atoms with Crippen LogP contribution in [0.15, 0.2) is 35.7 Å². The fourth-order valence-electron chi connectivity index (χ4n) is 1.76. The van der Waals surface area contributed by atoms with Gasteiger partial charge in [-0.3, -0.25) is 4.79 Å². The smallest absolute Gasteiger partial charge is 0.258 e. The van der Waals surface area contributed by atoms with E-state index in [1.807, 2.05) is 37.4 Å². The third-order valence-electron chi connectivity index (χ3n) is 2.92. The SMILES string of the molecule is CCOc1ccc(OCC(=O)NCc2sccc2C)cc1. The zero-order valence-electron chi connectivity index (χ0n) is 12.2. The average molecular weight is 305 g/mol. The molecule has 1 N–H and O–H groups in total. The van der Waals surface area contributed by atoms with E-state index < -0.39 is 0 Å². The lowest BCUT2D eigenvalue weighted by atomic mass is 10.3. The van der Waals surface area contributed by atoms with E-state index in [4.69, 9.17) is 9.47 Å². The molecule has 0 saturated carbocycles. The van der Waals surface area contributed by atoms with Crippen LogP contribution >= 0.6 is 11.3 Å². The molecule has 0 aliphatic carbocycles. The summed E-state index contributed by atoms with van der Waals surface area (Å²) in [6, 6.07) is 9.28. The maximum Gasteiger partial charge on any atom is 0.258 e. The molecule has 1 amide bonds. The van der Waals surface area contributed by atoms with Crippen molar-refractivity contribution in [2.75, 3.05) is 13.2 Å². The van der Waals surface area contributed by atoms with Crippen LogP contribution in [-0.4, -0.2) is 19.1 Å². The molecule has 112 valence electrons. The van der Waals surface area contributed by atoms with Crippen molar-refractivity contribution in [3.63, 3.8) is 0 Å². The normalized spacial score (nSPS) is 10.2. The van der Waals surface area contributed by atoms with Gasteiger partial charge in [-0.2, -0.15) is 0 Å². The first-order valence-electron chi connectivity index (χ1n) is 6.84. The van der Waals surface area contributed by atoms with Crippen molar-refractivity contribution in [1.82, 2.24) is 5.32 Å². The molecule has 5 heteroatoms. The largest absolute Gasteiger partial charge is 0.494 e. The second-order valence-electron chi connectivity index (χ2n) is 4.50. The molecule has 0 aliphatic heterocycles. The molecule has 0 saturated heterocycles. The van der Waals surface area contributed by atoms with E-state index in [1.165, 1.54) is 10.4 Å². The minimum Gasteiger partial charge on any atom is -0.494 e. The number of amides is 1. The maximum absolute atomic E-state index is 11.7. The number of carbonyl (C=O) groups excluding carboxylic acids is 1. The van der Waals surface area contributed by atoms with Crippen LogP contribution < -0.4 is 14.8 Å². The van der Waals surface area contributed by atoms with E-state index in [0.29, 0.717) is 18.9 Å². The van der Waals surface area contributed by atoms with Crippen molar-refractivity contribution in [3.8, 4) is 11.5 Å². The number of thiophene rings is 1. The van der Waals surface area contributed by atoms with Crippen LogP contribution in [0.3, 0.4) is 0 Å². The first kappa shape index (κ1) is 15.4. The van der Waals surface area contributed by atoms with E-state index in [-0.39, 0.29) is 12.5 Å². The van der Waals surface area contributed by atoms with E-state index >= 15 is 0 Å². The molecule has 0 bridgehead atoms. The van der Waals surface area contributed by atoms with Gasteiger partial charge >= 0.3 is 0 Å². The van der Waals surface area contributed by atoms with Gasteiger partial charge in [-0.1, -0.05) is 0 Å². The summed E-state index contributed by atoms with van der Waals surface area (Å²) >= 11 is 1.64. The molecule has 1 aromatic carbocycles. The number of nitrogens with one attached hydrogen (secondary N) is 1. The van der Waals surface area contributed by atoms with Gasteiger partial charge in [0, 0.05) is 4.88 Å². The van der Waals surface area contributed by atoms with Crippen molar-refractivity contribution < 1.29 is 14.3 Å². The van der Waals surface area contributed by atoms with Crippen molar-refractivity contribution in [1.29, 1.82) is 0 Å². The third kappa shape index (κ3) is 4.79. The Hall–Kier alpha value is -2.01. The second-order valence-corrected chi connectivity index (χ2v) is 5.50. The van der Waals surface area contributed by atoms with Crippen LogP contribution in [0, 0.1) is 6.92 Å². The lowest BCUT2D eigenvalue weighted by Gasteiger charge is -2.08. The Morgan fingerprint density at radius 2 is 1.81 bits per heavy atom. The van der Waals surface area contributed by atoms with Crippen molar-refractivity contribution >= 4 is 17.2 Å². The summed E-state index contributed by atoms with van der Waals surface area (Å²) in [6.45, 7) is 5.16. The predicted molar refractivity (Wildman–Crippen MR) is 84.0 cm³/mol. The van der Waals surface area contributed by atoms with E-state index in [9.17, 15) is 4.79 Å². The van der Waals surface area contributed by atoms with Gasteiger partial charge in [-0.05, 0) is 55.1 Å². The molecule has 4 nitrogen and oxygen atoms in total. The highest BCUT2D eigenvalue weighted by molar-refractivity contribution is 7.10. The lowest BCUT2D eigenvalue weighted by molar-refractivity contribution is -0.123. The molecule has 2 rings (SSSR count). The number of hydrogen-bond donors (Lipinski definition) is 1. The van der Waals surface area contributed by atoms with E-state index in [2.05, 4.69) is 5.32 Å². The fourth-order valence-corrected chi connectivity index (χ4v) is 2.61. The molecular weight excluding hydrogens is 286 g/mol. The molecule has 0 atom stereocenters. The zero-order chi connectivity index (χ0) is 15.1. The van der Waals surface area contributed by atoms with Crippen LogP contribution in [0.25, 0.3) is 0 Å². The number of ether oxygens (including phenoxy) is 2. The van der Waals surface area contributed by atoms with E-state index in [1.54, 1.807) is 23.5 Å². The molecule has 0 aliphatic rings. The first-order valence-corrected chi connectivity index (χ1v) is 7.72. The van der Waals surface area contributed by atoms with Crippen molar-refractivity contribution in [2.24, 2.45) is 0 Å². The van der Waals surface area contributed by atoms with Crippen LogP contribution in [0.4, 0.5) is 0 Å². The molecule has 0 radical (unpaired) electrons. The quantitative estimate of drug-likeness (QED) is 0.855. The van der Waals surface area contributed by atoms with E-state index in [0.717, 1.165) is 5.75 Å². The Kier molecular flexibility index (Phi) is 5.63. The Bertz CT molecular complexity index is 577. The predicted octanol–water partition coefficient (Wildman–Crippen LogP) is 3.15. The Balaban J connectivity index is 1.74. The highest BCUT2D eigenvalue weighted by atomic mass is 32.1. The number of aryl methyl sites for hydroxylation is 1. The number of carbonyl (C=O) groups is 1. The zero-order valence-corrected chi connectivity index (χ0v) is 13.0. The molecular formula is C16H19NO3S. The average Bonchev–Trinajstić information content (AvgIpc) is 2.90. The summed E-state index contributed by atoms with van der Waals surface area (Å²) in [5.74, 6) is 1.32. The van der Waals surface area contributed by atoms with Gasteiger partial charge in [0.15, 0.2) is 6.61 Å². The molecule has 1 heterocycles. The van der Waals surface area contributed by atoms with Gasteiger partial charge in [0.05, 0.1) is 13.2 Å². The number of hydrogen-bond acceptors (Lipinski definition) is 4.